The van der Waals surface area contributed by atoms with E-state index in [2.05, 4.69) is 11.2 Å². The number of nitrogens with zero attached hydrogens (tertiary/aromatic N) is 1. The fourth-order valence-electron chi connectivity index (χ4n) is 1.75. The van der Waals surface area contributed by atoms with Crippen molar-refractivity contribution in [3.63, 3.8) is 0 Å². The van der Waals surface area contributed by atoms with Gasteiger partial charge in [-0.1, -0.05) is 42.3 Å². The largest absolute Gasteiger partial charge is 0.322 e. The smallest absolute Gasteiger partial charge is 0.316 e. The van der Waals surface area contributed by atoms with Crippen LogP contribution in [0.4, 0.5) is 10.5 Å². The van der Waals surface area contributed by atoms with E-state index in [4.69, 9.17) is 6.42 Å². The molecule has 0 saturated carbocycles. The molecule has 1 N–H and O–H groups in total. The molecule has 0 unspecified atom stereocenters. The Morgan fingerprint density at radius 1 is 1.28 bits per heavy atom. The molecule has 0 aliphatic carbocycles. The zero-order valence-corrected chi connectivity index (χ0v) is 10.2. The predicted molar refractivity (Wildman–Crippen MR) is 74.4 cm³/mol. The highest BCUT2D eigenvalue weighted by molar-refractivity contribution is 6.01. The van der Waals surface area contributed by atoms with Gasteiger partial charge in [0.05, 0.1) is 12.2 Å². The van der Waals surface area contributed by atoms with E-state index >= 15 is 0 Å². The quantitative estimate of drug-likeness (QED) is 0.801. The Labute approximate surface area is 106 Å². The van der Waals surface area contributed by atoms with Crippen LogP contribution in [0.5, 0.6) is 0 Å². The van der Waals surface area contributed by atoms with Crippen molar-refractivity contribution in [2.24, 2.45) is 0 Å². The molecular weight excluding hydrogens is 224 g/mol. The minimum Gasteiger partial charge on any atom is -0.316 e. The molecule has 0 heterocycles. The molecule has 0 radical (unpaired) electrons. The maximum atomic E-state index is 11.9. The standard InChI is InChI=1S/C15H14N2O/c1-3-11-17(2)15(18)16-14-10-6-8-12-7-4-5-9-13(12)14/h1,4-10H,11H2,2H3,(H,16,18). The van der Waals surface area contributed by atoms with Crippen LogP contribution in [-0.2, 0) is 0 Å². The number of hydrogen-bond donors (Lipinski definition) is 1. The minimum atomic E-state index is -0.204. The summed E-state index contributed by atoms with van der Waals surface area (Å²) in [5.74, 6) is 2.44. The number of nitrogens with one attached hydrogen (secondary N) is 1. The minimum absolute atomic E-state index is 0.204. The second-order valence-corrected chi connectivity index (χ2v) is 4.02. The van der Waals surface area contributed by atoms with Gasteiger partial charge in [-0.05, 0) is 11.5 Å². The number of carbonyl (C=O) groups is 1. The van der Waals surface area contributed by atoms with Crippen molar-refractivity contribution in [3.8, 4) is 12.3 Å². The molecule has 0 fully saturated rings. The number of anilines is 1. The molecule has 0 saturated heterocycles. The second kappa shape index (κ2) is 5.24. The molecule has 18 heavy (non-hydrogen) atoms. The van der Waals surface area contributed by atoms with Gasteiger partial charge in [-0.15, -0.1) is 6.42 Å². The van der Waals surface area contributed by atoms with Gasteiger partial charge in [0.2, 0.25) is 0 Å². The van der Waals surface area contributed by atoms with Crippen molar-refractivity contribution in [3.05, 3.63) is 42.5 Å². The number of fused-ring (bicyclic) bond motifs is 1. The summed E-state index contributed by atoms with van der Waals surface area (Å²) >= 11 is 0. The van der Waals surface area contributed by atoms with Gasteiger partial charge in [0.25, 0.3) is 0 Å². The van der Waals surface area contributed by atoms with E-state index in [1.54, 1.807) is 7.05 Å². The van der Waals surface area contributed by atoms with E-state index in [9.17, 15) is 4.79 Å². The summed E-state index contributed by atoms with van der Waals surface area (Å²) in [6, 6.07) is 13.5. The highest BCUT2D eigenvalue weighted by Gasteiger charge is 2.08. The molecule has 2 amide bonds. The van der Waals surface area contributed by atoms with E-state index in [1.165, 1.54) is 4.90 Å². The van der Waals surface area contributed by atoms with Crippen LogP contribution in [0.15, 0.2) is 42.5 Å². The normalized spacial score (nSPS) is 9.78. The Bertz CT molecular complexity index is 608. The maximum absolute atomic E-state index is 11.9. The molecule has 0 aliphatic rings. The number of urea groups is 1. The van der Waals surface area contributed by atoms with E-state index in [0.29, 0.717) is 0 Å². The molecule has 90 valence electrons. The Hall–Kier alpha value is -2.47. The summed E-state index contributed by atoms with van der Waals surface area (Å²) in [5.41, 5.74) is 0.793. The molecule has 2 rings (SSSR count). The highest BCUT2D eigenvalue weighted by Crippen LogP contribution is 2.22. The first kappa shape index (κ1) is 12.0. The van der Waals surface area contributed by atoms with Gasteiger partial charge >= 0.3 is 6.03 Å². The molecular formula is C15H14N2O. The molecule has 3 heteroatoms. The first-order valence-corrected chi connectivity index (χ1v) is 5.65. The zero-order valence-electron chi connectivity index (χ0n) is 10.2. The molecule has 0 spiro atoms. The zero-order chi connectivity index (χ0) is 13.0. The van der Waals surface area contributed by atoms with Crippen LogP contribution in [0.1, 0.15) is 0 Å². The highest BCUT2D eigenvalue weighted by atomic mass is 16.2. The van der Waals surface area contributed by atoms with Gasteiger partial charge in [-0.25, -0.2) is 4.79 Å². The van der Waals surface area contributed by atoms with Crippen LogP contribution in [0.2, 0.25) is 0 Å². The Kier molecular flexibility index (Phi) is 3.49. The van der Waals surface area contributed by atoms with Crippen LogP contribution >= 0.6 is 0 Å². The summed E-state index contributed by atoms with van der Waals surface area (Å²) in [5, 5.41) is 4.97. The lowest BCUT2D eigenvalue weighted by atomic mass is 10.1. The summed E-state index contributed by atoms with van der Waals surface area (Å²) < 4.78 is 0. The third-order valence-electron chi connectivity index (χ3n) is 2.71. The van der Waals surface area contributed by atoms with Crippen molar-refractivity contribution in [2.75, 3.05) is 18.9 Å². The Morgan fingerprint density at radius 2 is 2.00 bits per heavy atom. The average molecular weight is 238 g/mol. The number of benzene rings is 2. The average Bonchev–Trinajstić information content (AvgIpc) is 2.39. The third-order valence-corrected chi connectivity index (χ3v) is 2.71. The molecule has 2 aromatic rings. The van der Waals surface area contributed by atoms with E-state index in [1.807, 2.05) is 42.5 Å². The van der Waals surface area contributed by atoms with Crippen molar-refractivity contribution in [2.45, 2.75) is 0 Å². The molecule has 0 bridgehead atoms. The number of hydrogen-bond acceptors (Lipinski definition) is 1. The number of terminal acetylenes is 1. The fraction of sp³-hybridized carbons (Fsp3) is 0.133. The van der Waals surface area contributed by atoms with Crippen molar-refractivity contribution in [1.29, 1.82) is 0 Å². The topological polar surface area (TPSA) is 32.3 Å². The first-order chi connectivity index (χ1) is 8.72. The van der Waals surface area contributed by atoms with Gasteiger partial charge in [-0.2, -0.15) is 0 Å². The molecule has 3 nitrogen and oxygen atoms in total. The lowest BCUT2D eigenvalue weighted by molar-refractivity contribution is 0.227. The van der Waals surface area contributed by atoms with Gasteiger partial charge in [-0.3, -0.25) is 0 Å². The predicted octanol–water partition coefficient (Wildman–Crippen LogP) is 2.94. The lowest BCUT2D eigenvalue weighted by Gasteiger charge is -2.16. The third kappa shape index (κ3) is 2.44. The monoisotopic (exact) mass is 238 g/mol. The van der Waals surface area contributed by atoms with Gasteiger partial charge in [0.1, 0.15) is 0 Å². The van der Waals surface area contributed by atoms with E-state index in [-0.39, 0.29) is 12.6 Å². The molecule has 2 aromatic carbocycles. The molecule has 0 atom stereocenters. The lowest BCUT2D eigenvalue weighted by Crippen LogP contribution is -2.31. The van der Waals surface area contributed by atoms with E-state index < -0.39 is 0 Å². The second-order valence-electron chi connectivity index (χ2n) is 4.02. The maximum Gasteiger partial charge on any atom is 0.322 e. The SMILES string of the molecule is C#CCN(C)C(=O)Nc1cccc2ccccc12. The van der Waals surface area contributed by atoms with Gasteiger partial charge < -0.3 is 10.2 Å². The van der Waals surface area contributed by atoms with E-state index in [0.717, 1.165) is 16.5 Å². The van der Waals surface area contributed by atoms with Crippen LogP contribution in [-0.4, -0.2) is 24.5 Å². The fourth-order valence-corrected chi connectivity index (χ4v) is 1.75. The van der Waals surface area contributed by atoms with Gasteiger partial charge in [0.15, 0.2) is 0 Å². The van der Waals surface area contributed by atoms with Crippen molar-refractivity contribution in [1.82, 2.24) is 4.90 Å². The molecule has 0 aromatic heterocycles. The van der Waals surface area contributed by atoms with Crippen LogP contribution in [0, 0.1) is 12.3 Å². The van der Waals surface area contributed by atoms with Crippen LogP contribution < -0.4 is 5.32 Å². The summed E-state index contributed by atoms with van der Waals surface area (Å²) in [6.45, 7) is 0.288. The molecule has 0 aliphatic heterocycles. The number of carbonyl (C=O) groups excluding carboxylic acids is 1. The summed E-state index contributed by atoms with van der Waals surface area (Å²) in [6.07, 6.45) is 5.18. The van der Waals surface area contributed by atoms with Crippen molar-refractivity contribution >= 4 is 22.5 Å². The van der Waals surface area contributed by atoms with Crippen LogP contribution in [0.3, 0.4) is 0 Å². The van der Waals surface area contributed by atoms with Crippen LogP contribution in [0.25, 0.3) is 10.8 Å². The summed E-state index contributed by atoms with van der Waals surface area (Å²) in [4.78, 5) is 13.3. The number of amides is 2. The number of rotatable bonds is 2. The van der Waals surface area contributed by atoms with Crippen molar-refractivity contribution < 1.29 is 4.79 Å². The van der Waals surface area contributed by atoms with Gasteiger partial charge in [0, 0.05) is 12.4 Å². The Balaban J connectivity index is 2.27. The first-order valence-electron chi connectivity index (χ1n) is 5.65. The summed E-state index contributed by atoms with van der Waals surface area (Å²) in [7, 11) is 1.67. The Morgan fingerprint density at radius 3 is 2.78 bits per heavy atom.